The number of anilines is 1. The third-order valence-corrected chi connectivity index (χ3v) is 4.29. The van der Waals surface area contributed by atoms with Gasteiger partial charge in [0, 0.05) is 16.8 Å². The summed E-state index contributed by atoms with van der Waals surface area (Å²) < 4.78 is 5.86. The van der Waals surface area contributed by atoms with Crippen LogP contribution in [0.1, 0.15) is 39.1 Å². The Bertz CT molecular complexity index is 855. The SMILES string of the molecule is Cc1cc(-c2cc(N)ccc2OCC2CC2)c(C(=O)O)cc1C(=O)O. The minimum absolute atomic E-state index is 0.0366. The molecule has 25 heavy (non-hydrogen) atoms. The molecule has 0 atom stereocenters. The first-order valence-electron chi connectivity index (χ1n) is 8.00. The van der Waals surface area contributed by atoms with Crippen molar-refractivity contribution in [3.05, 3.63) is 47.0 Å². The molecule has 4 N–H and O–H groups in total. The molecule has 2 aromatic carbocycles. The van der Waals surface area contributed by atoms with Crippen molar-refractivity contribution in [3.8, 4) is 16.9 Å². The second kappa shape index (κ2) is 6.47. The van der Waals surface area contributed by atoms with E-state index in [4.69, 9.17) is 10.5 Å². The molecule has 0 radical (unpaired) electrons. The number of rotatable bonds is 6. The number of carbonyl (C=O) groups is 2. The van der Waals surface area contributed by atoms with Crippen LogP contribution in [0.3, 0.4) is 0 Å². The number of aryl methyl sites for hydroxylation is 1. The molecule has 0 aromatic heterocycles. The molecular formula is C19H19NO5. The van der Waals surface area contributed by atoms with Crippen molar-refractivity contribution < 1.29 is 24.5 Å². The fraction of sp³-hybridized carbons (Fsp3) is 0.263. The maximum Gasteiger partial charge on any atom is 0.336 e. The van der Waals surface area contributed by atoms with Gasteiger partial charge in [-0.15, -0.1) is 0 Å². The van der Waals surface area contributed by atoms with Crippen LogP contribution in [0.25, 0.3) is 11.1 Å². The van der Waals surface area contributed by atoms with Crippen molar-refractivity contribution in [3.63, 3.8) is 0 Å². The summed E-state index contributed by atoms with van der Waals surface area (Å²) in [5.74, 6) is -1.27. The molecular weight excluding hydrogens is 322 g/mol. The van der Waals surface area contributed by atoms with Gasteiger partial charge in [-0.3, -0.25) is 0 Å². The molecule has 130 valence electrons. The summed E-state index contributed by atoms with van der Waals surface area (Å²) in [5.41, 5.74) is 7.65. The van der Waals surface area contributed by atoms with Crippen LogP contribution in [0.2, 0.25) is 0 Å². The van der Waals surface area contributed by atoms with E-state index >= 15 is 0 Å². The zero-order valence-corrected chi connectivity index (χ0v) is 13.8. The van der Waals surface area contributed by atoms with Crippen LogP contribution >= 0.6 is 0 Å². The maximum atomic E-state index is 11.7. The van der Waals surface area contributed by atoms with Gasteiger partial charge >= 0.3 is 11.9 Å². The van der Waals surface area contributed by atoms with Gasteiger partial charge in [0.1, 0.15) is 5.75 Å². The predicted molar refractivity (Wildman–Crippen MR) is 93.2 cm³/mol. The number of carboxylic acids is 2. The summed E-state index contributed by atoms with van der Waals surface area (Å²) in [5, 5.41) is 18.8. The van der Waals surface area contributed by atoms with E-state index in [9.17, 15) is 19.8 Å². The summed E-state index contributed by atoms with van der Waals surface area (Å²) in [6, 6.07) is 7.82. The zero-order chi connectivity index (χ0) is 18.1. The van der Waals surface area contributed by atoms with Crippen molar-refractivity contribution in [1.82, 2.24) is 0 Å². The molecule has 1 aliphatic rings. The van der Waals surface area contributed by atoms with E-state index in [2.05, 4.69) is 0 Å². The van der Waals surface area contributed by atoms with Gasteiger partial charge in [-0.25, -0.2) is 9.59 Å². The minimum atomic E-state index is -1.20. The Balaban J connectivity index is 2.14. The lowest BCUT2D eigenvalue weighted by Gasteiger charge is -2.16. The molecule has 1 fully saturated rings. The lowest BCUT2D eigenvalue weighted by atomic mass is 9.93. The largest absolute Gasteiger partial charge is 0.493 e. The standard InChI is InChI=1S/C19H19NO5/c1-10-6-14(16(19(23)24)8-13(10)18(21)22)15-7-12(20)4-5-17(15)25-9-11-2-3-11/h4-8,11H,2-3,9,20H2,1H3,(H,21,22)(H,23,24). The van der Waals surface area contributed by atoms with E-state index in [-0.39, 0.29) is 11.1 Å². The molecule has 0 bridgehead atoms. The Hall–Kier alpha value is -3.02. The third kappa shape index (κ3) is 3.57. The lowest BCUT2D eigenvalue weighted by Crippen LogP contribution is -2.08. The van der Waals surface area contributed by atoms with Gasteiger partial charge in [0.2, 0.25) is 0 Å². The first-order valence-corrected chi connectivity index (χ1v) is 8.00. The fourth-order valence-corrected chi connectivity index (χ4v) is 2.71. The first kappa shape index (κ1) is 16.8. The highest BCUT2D eigenvalue weighted by atomic mass is 16.5. The number of benzene rings is 2. The van der Waals surface area contributed by atoms with E-state index in [1.807, 2.05) is 0 Å². The molecule has 1 aliphatic carbocycles. The Morgan fingerprint density at radius 1 is 1.08 bits per heavy atom. The topological polar surface area (TPSA) is 110 Å². The van der Waals surface area contributed by atoms with Gasteiger partial charge in [0.05, 0.1) is 17.7 Å². The molecule has 0 spiro atoms. The highest BCUT2D eigenvalue weighted by Gasteiger charge is 2.24. The third-order valence-electron chi connectivity index (χ3n) is 4.29. The molecule has 0 aliphatic heterocycles. The number of carboxylic acid groups (broad SMARTS) is 2. The summed E-state index contributed by atoms with van der Waals surface area (Å²) in [6.07, 6.45) is 2.27. The summed E-state index contributed by atoms with van der Waals surface area (Å²) in [7, 11) is 0. The van der Waals surface area contributed by atoms with E-state index in [0.29, 0.717) is 40.7 Å². The van der Waals surface area contributed by atoms with Gasteiger partial charge < -0.3 is 20.7 Å². The molecule has 1 saturated carbocycles. The van der Waals surface area contributed by atoms with Crippen LogP contribution in [0.5, 0.6) is 5.75 Å². The number of nitrogen functional groups attached to an aromatic ring is 1. The van der Waals surface area contributed by atoms with Crippen molar-refractivity contribution in [2.45, 2.75) is 19.8 Å². The number of hydrogen-bond donors (Lipinski definition) is 3. The second-order valence-electron chi connectivity index (χ2n) is 6.33. The normalized spacial score (nSPS) is 13.5. The van der Waals surface area contributed by atoms with Crippen molar-refractivity contribution in [1.29, 1.82) is 0 Å². The molecule has 0 heterocycles. The molecule has 2 aromatic rings. The summed E-state index contributed by atoms with van der Waals surface area (Å²) in [6.45, 7) is 2.21. The molecule has 3 rings (SSSR count). The van der Waals surface area contributed by atoms with Crippen molar-refractivity contribution >= 4 is 17.6 Å². The Morgan fingerprint density at radius 2 is 1.76 bits per heavy atom. The van der Waals surface area contributed by atoms with Crippen LogP contribution in [0.15, 0.2) is 30.3 Å². The second-order valence-corrected chi connectivity index (χ2v) is 6.33. The monoisotopic (exact) mass is 341 g/mol. The van der Waals surface area contributed by atoms with Gasteiger partial charge in [-0.1, -0.05) is 0 Å². The van der Waals surface area contributed by atoms with E-state index in [1.54, 1.807) is 31.2 Å². The van der Waals surface area contributed by atoms with Crippen LogP contribution in [-0.4, -0.2) is 28.8 Å². The molecule has 0 unspecified atom stereocenters. The average molecular weight is 341 g/mol. The minimum Gasteiger partial charge on any atom is -0.493 e. The molecule has 0 amide bonds. The number of ether oxygens (including phenoxy) is 1. The van der Waals surface area contributed by atoms with E-state index < -0.39 is 11.9 Å². The van der Waals surface area contributed by atoms with Crippen LogP contribution in [0, 0.1) is 12.8 Å². The maximum absolute atomic E-state index is 11.7. The summed E-state index contributed by atoms with van der Waals surface area (Å²) in [4.78, 5) is 23.0. The Labute approximate surface area is 144 Å². The number of aromatic carboxylic acids is 2. The summed E-state index contributed by atoms with van der Waals surface area (Å²) >= 11 is 0. The number of hydrogen-bond acceptors (Lipinski definition) is 4. The molecule has 6 heteroatoms. The van der Waals surface area contributed by atoms with Crippen LogP contribution < -0.4 is 10.5 Å². The van der Waals surface area contributed by atoms with E-state index in [0.717, 1.165) is 12.8 Å². The quantitative estimate of drug-likeness (QED) is 0.694. The zero-order valence-electron chi connectivity index (χ0n) is 13.8. The average Bonchev–Trinajstić information content (AvgIpc) is 3.37. The van der Waals surface area contributed by atoms with Gasteiger partial charge in [-0.05, 0) is 61.6 Å². The molecule has 0 saturated heterocycles. The van der Waals surface area contributed by atoms with Gasteiger partial charge in [0.15, 0.2) is 0 Å². The van der Waals surface area contributed by atoms with Gasteiger partial charge in [0.25, 0.3) is 0 Å². The Kier molecular flexibility index (Phi) is 4.35. The predicted octanol–water partition coefficient (Wildman–Crippen LogP) is 3.43. The van der Waals surface area contributed by atoms with E-state index in [1.165, 1.54) is 6.07 Å². The van der Waals surface area contributed by atoms with Crippen molar-refractivity contribution in [2.24, 2.45) is 5.92 Å². The highest BCUT2D eigenvalue weighted by Crippen LogP contribution is 2.37. The smallest absolute Gasteiger partial charge is 0.336 e. The van der Waals surface area contributed by atoms with Crippen molar-refractivity contribution in [2.75, 3.05) is 12.3 Å². The highest BCUT2D eigenvalue weighted by molar-refractivity contribution is 6.01. The fourth-order valence-electron chi connectivity index (χ4n) is 2.71. The van der Waals surface area contributed by atoms with Crippen LogP contribution in [-0.2, 0) is 0 Å². The Morgan fingerprint density at radius 3 is 2.36 bits per heavy atom. The lowest BCUT2D eigenvalue weighted by molar-refractivity contribution is 0.0695. The first-order chi connectivity index (χ1) is 11.9. The molecule has 6 nitrogen and oxygen atoms in total. The number of nitrogens with two attached hydrogens (primary N) is 1. The van der Waals surface area contributed by atoms with Crippen LogP contribution in [0.4, 0.5) is 5.69 Å². The van der Waals surface area contributed by atoms with Gasteiger partial charge in [-0.2, -0.15) is 0 Å².